The van der Waals surface area contributed by atoms with E-state index in [9.17, 15) is 14.4 Å². The molecule has 0 aliphatic heterocycles. The second-order valence-corrected chi connectivity index (χ2v) is 7.81. The highest BCUT2D eigenvalue weighted by molar-refractivity contribution is 5.84. The van der Waals surface area contributed by atoms with Crippen LogP contribution >= 0.6 is 0 Å². The van der Waals surface area contributed by atoms with E-state index in [-0.39, 0.29) is 18.0 Å². The van der Waals surface area contributed by atoms with Gasteiger partial charge < -0.3 is 5.32 Å². The molecule has 1 unspecified atom stereocenters. The maximum absolute atomic E-state index is 13.4. The van der Waals surface area contributed by atoms with Crippen molar-refractivity contribution in [2.75, 3.05) is 0 Å². The van der Waals surface area contributed by atoms with Crippen LogP contribution in [0.5, 0.6) is 0 Å². The first kappa shape index (κ1) is 21.2. The number of amides is 1. The summed E-state index contributed by atoms with van der Waals surface area (Å²) in [6.45, 7) is 3.98. The fourth-order valence-electron chi connectivity index (χ4n) is 3.73. The normalized spacial score (nSPS) is 11.9. The molecule has 4 rings (SSSR count). The number of pyridine rings is 1. The topological polar surface area (TPSA) is 86.0 Å². The average Bonchev–Trinajstić information content (AvgIpc) is 2.82. The summed E-state index contributed by atoms with van der Waals surface area (Å²) in [7, 11) is 0. The predicted octanol–water partition coefficient (Wildman–Crippen LogP) is 2.79. The lowest BCUT2D eigenvalue weighted by atomic mass is 10.1. The molecule has 1 N–H and O–H groups in total. The summed E-state index contributed by atoms with van der Waals surface area (Å²) in [6.07, 6.45) is 3.34. The number of aryl methyl sites for hydroxylation is 1. The lowest BCUT2D eigenvalue weighted by Gasteiger charge is -2.20. The minimum absolute atomic E-state index is 0.131. The molecule has 0 aliphatic carbocycles. The van der Waals surface area contributed by atoms with Crippen molar-refractivity contribution in [3.05, 3.63) is 111 Å². The Kier molecular flexibility index (Phi) is 5.98. The average molecular weight is 428 g/mol. The molecular formula is C25H24N4O3. The fraction of sp³-hybridized carbons (Fsp3) is 0.200. The van der Waals surface area contributed by atoms with Crippen LogP contribution in [-0.2, 0) is 17.9 Å². The summed E-state index contributed by atoms with van der Waals surface area (Å²) in [5.74, 6) is -0.317. The summed E-state index contributed by atoms with van der Waals surface area (Å²) in [5, 5.41) is 3.27. The standard InChI is InChI=1S/C25H24N4O3/c1-17-10-11-22-21(13-17)24(31)28(16-19-7-4-3-5-8-19)25(32)29(22)18(2)23(30)27-15-20-9-6-12-26-14-20/h3-14,18H,15-16H2,1-2H3,(H,27,30). The van der Waals surface area contributed by atoms with Crippen LogP contribution < -0.4 is 16.6 Å². The van der Waals surface area contributed by atoms with Gasteiger partial charge in [-0.3, -0.25) is 23.7 Å². The third kappa shape index (κ3) is 4.23. The van der Waals surface area contributed by atoms with Crippen molar-refractivity contribution in [1.82, 2.24) is 19.4 Å². The maximum Gasteiger partial charge on any atom is 0.332 e. The molecule has 1 amide bonds. The Morgan fingerprint density at radius 2 is 1.78 bits per heavy atom. The van der Waals surface area contributed by atoms with Gasteiger partial charge in [0.05, 0.1) is 17.4 Å². The largest absolute Gasteiger partial charge is 0.350 e. The van der Waals surface area contributed by atoms with Crippen LogP contribution in [0.4, 0.5) is 0 Å². The first-order valence-electron chi connectivity index (χ1n) is 10.4. The highest BCUT2D eigenvalue weighted by Gasteiger charge is 2.22. The van der Waals surface area contributed by atoms with Crippen LogP contribution in [0, 0.1) is 6.92 Å². The Labute approximate surface area is 185 Å². The molecule has 2 aromatic carbocycles. The monoisotopic (exact) mass is 428 g/mol. The molecular weight excluding hydrogens is 404 g/mol. The van der Waals surface area contributed by atoms with Crippen molar-refractivity contribution in [3.8, 4) is 0 Å². The summed E-state index contributed by atoms with van der Waals surface area (Å²) in [5.41, 5.74) is 2.16. The molecule has 4 aromatic rings. The Morgan fingerprint density at radius 1 is 1.03 bits per heavy atom. The van der Waals surface area contributed by atoms with Crippen molar-refractivity contribution < 1.29 is 4.79 Å². The molecule has 0 saturated carbocycles. The number of fused-ring (bicyclic) bond motifs is 1. The predicted molar refractivity (Wildman–Crippen MR) is 124 cm³/mol. The molecule has 7 heteroatoms. The number of benzene rings is 2. The zero-order valence-electron chi connectivity index (χ0n) is 18.0. The minimum atomic E-state index is -0.813. The van der Waals surface area contributed by atoms with Crippen molar-refractivity contribution in [2.24, 2.45) is 0 Å². The molecule has 0 spiro atoms. The lowest BCUT2D eigenvalue weighted by Crippen LogP contribution is -2.44. The van der Waals surface area contributed by atoms with E-state index in [1.807, 2.05) is 49.4 Å². The van der Waals surface area contributed by atoms with Gasteiger partial charge in [0.15, 0.2) is 0 Å². The Balaban J connectivity index is 1.78. The SMILES string of the molecule is Cc1ccc2c(c1)c(=O)n(Cc1ccccc1)c(=O)n2C(C)C(=O)NCc1cccnc1. The molecule has 7 nitrogen and oxygen atoms in total. The summed E-state index contributed by atoms with van der Waals surface area (Å²) >= 11 is 0. The molecule has 1 atom stereocenters. The number of aromatic nitrogens is 3. The van der Waals surface area contributed by atoms with E-state index < -0.39 is 11.7 Å². The van der Waals surface area contributed by atoms with Crippen LogP contribution in [0.1, 0.15) is 29.7 Å². The van der Waals surface area contributed by atoms with E-state index >= 15 is 0 Å². The van der Waals surface area contributed by atoms with Gasteiger partial charge in [-0.15, -0.1) is 0 Å². The van der Waals surface area contributed by atoms with Crippen LogP contribution in [0.15, 0.2) is 82.6 Å². The van der Waals surface area contributed by atoms with Gasteiger partial charge in [-0.25, -0.2) is 4.79 Å². The lowest BCUT2D eigenvalue weighted by molar-refractivity contribution is -0.124. The van der Waals surface area contributed by atoms with E-state index in [4.69, 9.17) is 0 Å². The quantitative estimate of drug-likeness (QED) is 0.512. The van der Waals surface area contributed by atoms with E-state index in [0.717, 1.165) is 16.7 Å². The second-order valence-electron chi connectivity index (χ2n) is 7.81. The third-order valence-corrected chi connectivity index (χ3v) is 5.46. The Bertz CT molecular complexity index is 1380. The molecule has 2 aromatic heterocycles. The van der Waals surface area contributed by atoms with E-state index in [1.54, 1.807) is 37.5 Å². The molecule has 2 heterocycles. The fourth-order valence-corrected chi connectivity index (χ4v) is 3.73. The summed E-state index contributed by atoms with van der Waals surface area (Å²) in [4.78, 5) is 43.7. The van der Waals surface area contributed by atoms with Crippen molar-refractivity contribution in [2.45, 2.75) is 33.0 Å². The van der Waals surface area contributed by atoms with Crippen molar-refractivity contribution >= 4 is 16.8 Å². The van der Waals surface area contributed by atoms with E-state index in [0.29, 0.717) is 17.4 Å². The number of hydrogen-bond donors (Lipinski definition) is 1. The Hall–Kier alpha value is -4.00. The van der Waals surface area contributed by atoms with E-state index in [1.165, 1.54) is 9.13 Å². The summed E-state index contributed by atoms with van der Waals surface area (Å²) < 4.78 is 2.60. The maximum atomic E-state index is 13.4. The number of carbonyl (C=O) groups is 1. The second kappa shape index (κ2) is 9.01. The van der Waals surface area contributed by atoms with Gasteiger partial charge in [0, 0.05) is 18.9 Å². The number of nitrogens with zero attached hydrogens (tertiary/aromatic N) is 3. The zero-order valence-corrected chi connectivity index (χ0v) is 18.0. The van der Waals surface area contributed by atoms with Gasteiger partial charge in [-0.1, -0.05) is 48.0 Å². The smallest absolute Gasteiger partial charge is 0.332 e. The van der Waals surface area contributed by atoms with Gasteiger partial charge in [-0.05, 0) is 43.2 Å². The van der Waals surface area contributed by atoms with Gasteiger partial charge in [0.25, 0.3) is 5.56 Å². The summed E-state index contributed by atoms with van der Waals surface area (Å²) in [6, 6.07) is 17.5. The highest BCUT2D eigenvalue weighted by atomic mass is 16.2. The van der Waals surface area contributed by atoms with Gasteiger partial charge in [-0.2, -0.15) is 0 Å². The number of rotatable bonds is 6. The molecule has 0 bridgehead atoms. The van der Waals surface area contributed by atoms with Crippen LogP contribution in [-0.4, -0.2) is 20.0 Å². The minimum Gasteiger partial charge on any atom is -0.350 e. The number of nitrogens with one attached hydrogen (secondary N) is 1. The van der Waals surface area contributed by atoms with Crippen molar-refractivity contribution in [1.29, 1.82) is 0 Å². The first-order valence-corrected chi connectivity index (χ1v) is 10.4. The molecule has 0 fully saturated rings. The van der Waals surface area contributed by atoms with Crippen molar-refractivity contribution in [3.63, 3.8) is 0 Å². The zero-order chi connectivity index (χ0) is 22.7. The number of carbonyl (C=O) groups excluding carboxylic acids is 1. The number of hydrogen-bond acceptors (Lipinski definition) is 4. The molecule has 0 radical (unpaired) electrons. The molecule has 32 heavy (non-hydrogen) atoms. The van der Waals surface area contributed by atoms with Gasteiger partial charge >= 0.3 is 5.69 Å². The first-order chi connectivity index (χ1) is 15.5. The Morgan fingerprint density at radius 3 is 2.50 bits per heavy atom. The van der Waals surface area contributed by atoms with Gasteiger partial charge in [0.1, 0.15) is 6.04 Å². The molecule has 0 aliphatic rings. The van der Waals surface area contributed by atoms with Gasteiger partial charge in [0.2, 0.25) is 5.91 Å². The van der Waals surface area contributed by atoms with Crippen LogP contribution in [0.3, 0.4) is 0 Å². The molecule has 0 saturated heterocycles. The molecule has 162 valence electrons. The highest BCUT2D eigenvalue weighted by Crippen LogP contribution is 2.16. The van der Waals surface area contributed by atoms with Crippen LogP contribution in [0.25, 0.3) is 10.9 Å². The van der Waals surface area contributed by atoms with Crippen LogP contribution in [0.2, 0.25) is 0 Å². The van der Waals surface area contributed by atoms with E-state index in [2.05, 4.69) is 10.3 Å². The third-order valence-electron chi connectivity index (χ3n) is 5.46.